The highest BCUT2D eigenvalue weighted by Crippen LogP contribution is 2.25. The van der Waals surface area contributed by atoms with Gasteiger partial charge in [-0.25, -0.2) is 17.5 Å². The number of sulfonamides is 1. The molecule has 0 unspecified atom stereocenters. The summed E-state index contributed by atoms with van der Waals surface area (Å²) in [6.45, 7) is 0. The number of nitrogens with one attached hydrogen (secondary N) is 2. The number of carbonyl (C=O) groups excluding carboxylic acids is 1. The van der Waals surface area contributed by atoms with Crippen molar-refractivity contribution in [1.82, 2.24) is 4.72 Å². The quantitative estimate of drug-likeness (QED) is 0.681. The molecule has 9 heteroatoms. The van der Waals surface area contributed by atoms with Gasteiger partial charge in [0.25, 0.3) is 5.91 Å². The van der Waals surface area contributed by atoms with Crippen molar-refractivity contribution in [2.24, 2.45) is 0 Å². The Morgan fingerprint density at radius 1 is 1.04 bits per heavy atom. The second-order valence-electron chi connectivity index (χ2n) is 6.68. The van der Waals surface area contributed by atoms with Gasteiger partial charge in [0.2, 0.25) is 10.0 Å². The van der Waals surface area contributed by atoms with E-state index in [-0.39, 0.29) is 27.2 Å². The average Bonchev–Trinajstić information content (AvgIpc) is 2.63. The van der Waals surface area contributed by atoms with Gasteiger partial charge in [0.1, 0.15) is 5.82 Å². The van der Waals surface area contributed by atoms with Gasteiger partial charge in [0.15, 0.2) is 0 Å². The van der Waals surface area contributed by atoms with Gasteiger partial charge in [0, 0.05) is 11.1 Å². The topological polar surface area (TPSA) is 75.3 Å². The summed E-state index contributed by atoms with van der Waals surface area (Å²) in [5.74, 6) is -1.48. The van der Waals surface area contributed by atoms with Crippen molar-refractivity contribution < 1.29 is 17.6 Å². The summed E-state index contributed by atoms with van der Waals surface area (Å²) in [6.07, 6.45) is 4.59. The van der Waals surface area contributed by atoms with Crippen LogP contribution in [0.25, 0.3) is 0 Å². The molecule has 2 aromatic carbocycles. The molecule has 0 aromatic heterocycles. The van der Waals surface area contributed by atoms with Crippen LogP contribution in [-0.2, 0) is 10.0 Å². The molecule has 2 aromatic rings. The fraction of sp³-hybridized carbons (Fsp3) is 0.316. The summed E-state index contributed by atoms with van der Waals surface area (Å²) < 4.78 is 42.0. The van der Waals surface area contributed by atoms with Gasteiger partial charge in [-0.2, -0.15) is 0 Å². The summed E-state index contributed by atoms with van der Waals surface area (Å²) in [4.78, 5) is 12.1. The molecule has 1 saturated carbocycles. The lowest BCUT2D eigenvalue weighted by Gasteiger charge is -2.22. The molecule has 0 radical (unpaired) electrons. The molecule has 0 atom stereocenters. The third-order valence-corrected chi connectivity index (χ3v) is 6.67. The number of hydrogen-bond donors (Lipinski definition) is 2. The van der Waals surface area contributed by atoms with Crippen LogP contribution in [0.3, 0.4) is 0 Å². The second kappa shape index (κ2) is 8.78. The first-order valence-electron chi connectivity index (χ1n) is 8.84. The van der Waals surface area contributed by atoms with Crippen LogP contribution in [0, 0.1) is 5.82 Å². The molecule has 1 fully saturated rings. The Bertz CT molecular complexity index is 993. The molecule has 5 nitrogen and oxygen atoms in total. The first-order chi connectivity index (χ1) is 13.3. The van der Waals surface area contributed by atoms with E-state index in [4.69, 9.17) is 23.2 Å². The molecular weight excluding hydrogens is 426 g/mol. The summed E-state index contributed by atoms with van der Waals surface area (Å²) >= 11 is 11.8. The molecule has 0 spiro atoms. The maximum atomic E-state index is 14.4. The van der Waals surface area contributed by atoms with Gasteiger partial charge in [0.05, 0.1) is 21.2 Å². The number of rotatable bonds is 5. The maximum Gasteiger partial charge on any atom is 0.257 e. The Labute approximate surface area is 173 Å². The molecule has 150 valence electrons. The SMILES string of the molecule is O=C(Nc1ccc(S(=O)(=O)NC2CCCCC2)cc1F)c1ccc(Cl)cc1Cl. The highest BCUT2D eigenvalue weighted by atomic mass is 35.5. The van der Waals surface area contributed by atoms with Crippen LogP contribution in [0.4, 0.5) is 10.1 Å². The van der Waals surface area contributed by atoms with Crippen LogP contribution in [-0.4, -0.2) is 20.4 Å². The molecule has 1 aliphatic rings. The number of hydrogen-bond acceptors (Lipinski definition) is 3. The zero-order valence-electron chi connectivity index (χ0n) is 14.8. The standard InChI is InChI=1S/C19H19Cl2FN2O3S/c20-12-6-8-15(16(21)10-12)19(25)23-18-9-7-14(11-17(18)22)28(26,27)24-13-4-2-1-3-5-13/h6-11,13,24H,1-5H2,(H,23,25). The van der Waals surface area contributed by atoms with E-state index in [2.05, 4.69) is 10.0 Å². The number of benzene rings is 2. The van der Waals surface area contributed by atoms with Crippen LogP contribution in [0.5, 0.6) is 0 Å². The fourth-order valence-electron chi connectivity index (χ4n) is 3.14. The minimum atomic E-state index is -3.83. The van der Waals surface area contributed by atoms with E-state index in [0.717, 1.165) is 38.2 Å². The molecular formula is C19H19Cl2FN2O3S. The van der Waals surface area contributed by atoms with E-state index in [1.807, 2.05) is 0 Å². The third-order valence-electron chi connectivity index (χ3n) is 4.60. The zero-order chi connectivity index (χ0) is 20.3. The fourth-order valence-corrected chi connectivity index (χ4v) is 4.95. The van der Waals surface area contributed by atoms with E-state index >= 15 is 0 Å². The average molecular weight is 445 g/mol. The molecule has 0 saturated heterocycles. The van der Waals surface area contributed by atoms with E-state index in [1.165, 1.54) is 30.3 Å². The molecule has 1 amide bonds. The highest BCUT2D eigenvalue weighted by Gasteiger charge is 2.23. The Morgan fingerprint density at radius 3 is 2.39 bits per heavy atom. The van der Waals surface area contributed by atoms with Crippen LogP contribution in [0.15, 0.2) is 41.3 Å². The van der Waals surface area contributed by atoms with Crippen molar-refractivity contribution in [1.29, 1.82) is 0 Å². The number of carbonyl (C=O) groups is 1. The number of anilines is 1. The second-order valence-corrected chi connectivity index (χ2v) is 9.23. The largest absolute Gasteiger partial charge is 0.319 e. The molecule has 28 heavy (non-hydrogen) atoms. The van der Waals surface area contributed by atoms with E-state index in [1.54, 1.807) is 0 Å². The van der Waals surface area contributed by atoms with E-state index < -0.39 is 21.7 Å². The van der Waals surface area contributed by atoms with Crippen LogP contribution in [0.1, 0.15) is 42.5 Å². The van der Waals surface area contributed by atoms with E-state index in [9.17, 15) is 17.6 Å². The maximum absolute atomic E-state index is 14.4. The highest BCUT2D eigenvalue weighted by molar-refractivity contribution is 7.89. The van der Waals surface area contributed by atoms with Gasteiger partial charge >= 0.3 is 0 Å². The Kier molecular flexibility index (Phi) is 6.60. The van der Waals surface area contributed by atoms with Crippen molar-refractivity contribution in [2.45, 2.75) is 43.0 Å². The number of amides is 1. The van der Waals surface area contributed by atoms with Gasteiger partial charge in [-0.3, -0.25) is 4.79 Å². The lowest BCUT2D eigenvalue weighted by Crippen LogP contribution is -2.36. The third kappa shape index (κ3) is 5.03. The molecule has 0 bridgehead atoms. The predicted molar refractivity (Wildman–Crippen MR) is 108 cm³/mol. The summed E-state index contributed by atoms with van der Waals surface area (Å²) in [7, 11) is -3.83. The minimum absolute atomic E-state index is 0.126. The van der Waals surface area contributed by atoms with E-state index in [0.29, 0.717) is 5.02 Å². The number of halogens is 3. The van der Waals surface area contributed by atoms with Crippen molar-refractivity contribution in [3.63, 3.8) is 0 Å². The van der Waals surface area contributed by atoms with Gasteiger partial charge in [-0.1, -0.05) is 42.5 Å². The lowest BCUT2D eigenvalue weighted by molar-refractivity contribution is 0.102. The molecule has 0 aliphatic heterocycles. The van der Waals surface area contributed by atoms with Crippen LogP contribution < -0.4 is 10.0 Å². The van der Waals surface area contributed by atoms with Crippen molar-refractivity contribution >= 4 is 44.8 Å². The first kappa shape index (κ1) is 21.0. The normalized spacial score (nSPS) is 15.4. The summed E-state index contributed by atoms with van der Waals surface area (Å²) in [5.41, 5.74) is -0.0197. The molecule has 1 aliphatic carbocycles. The Balaban J connectivity index is 1.75. The Hall–Kier alpha value is -1.67. The monoisotopic (exact) mass is 444 g/mol. The molecule has 0 heterocycles. The Morgan fingerprint density at radius 2 is 1.75 bits per heavy atom. The van der Waals surface area contributed by atoms with Gasteiger partial charge < -0.3 is 5.32 Å². The smallest absolute Gasteiger partial charge is 0.257 e. The molecule has 3 rings (SSSR count). The van der Waals surface area contributed by atoms with Crippen LogP contribution in [0.2, 0.25) is 10.0 Å². The van der Waals surface area contributed by atoms with Crippen LogP contribution >= 0.6 is 23.2 Å². The van der Waals surface area contributed by atoms with Crippen molar-refractivity contribution in [2.75, 3.05) is 5.32 Å². The zero-order valence-corrected chi connectivity index (χ0v) is 17.2. The first-order valence-corrected chi connectivity index (χ1v) is 11.1. The minimum Gasteiger partial charge on any atom is -0.319 e. The summed E-state index contributed by atoms with van der Waals surface area (Å²) in [5, 5.41) is 2.88. The predicted octanol–water partition coefficient (Wildman–Crippen LogP) is 5.00. The molecule has 2 N–H and O–H groups in total. The summed E-state index contributed by atoms with van der Waals surface area (Å²) in [6, 6.07) is 7.55. The van der Waals surface area contributed by atoms with Gasteiger partial charge in [-0.05, 0) is 49.2 Å². The van der Waals surface area contributed by atoms with Gasteiger partial charge in [-0.15, -0.1) is 0 Å². The van der Waals surface area contributed by atoms with Crippen molar-refractivity contribution in [3.05, 3.63) is 57.8 Å². The lowest BCUT2D eigenvalue weighted by atomic mass is 9.96. The van der Waals surface area contributed by atoms with Crippen molar-refractivity contribution in [3.8, 4) is 0 Å².